The largest absolute Gasteiger partial charge is 0.469 e. The Kier molecular flexibility index (Phi) is 5.31. The Balaban J connectivity index is 3.30. The van der Waals surface area contributed by atoms with Gasteiger partial charge in [0.05, 0.1) is 7.11 Å². The van der Waals surface area contributed by atoms with E-state index in [-0.39, 0.29) is 18.4 Å². The molecule has 0 saturated heterocycles. The van der Waals surface area contributed by atoms with E-state index in [4.69, 9.17) is 4.74 Å². The zero-order chi connectivity index (χ0) is 15.4. The molecule has 1 rings (SSSR count). The summed E-state index contributed by atoms with van der Waals surface area (Å²) in [5, 5.41) is 0. The zero-order valence-corrected chi connectivity index (χ0v) is 13.0. The van der Waals surface area contributed by atoms with Gasteiger partial charge in [0.2, 0.25) is 0 Å². The molecular weight excluding hydrogens is 256 g/mol. The van der Waals surface area contributed by atoms with Gasteiger partial charge in [0.25, 0.3) is 0 Å². The maximum atomic E-state index is 11.3. The van der Waals surface area contributed by atoms with Crippen molar-refractivity contribution >= 4 is 11.9 Å². The highest BCUT2D eigenvalue weighted by Gasteiger charge is 2.18. The van der Waals surface area contributed by atoms with Crippen LogP contribution in [0.4, 0.5) is 0 Å². The number of carbonyl (C=O) groups is 2. The molecule has 0 atom stereocenters. The Labute approximate surface area is 120 Å². The number of hydrogen-bond acceptors (Lipinski definition) is 4. The fourth-order valence-electron chi connectivity index (χ4n) is 2.27. The van der Waals surface area contributed by atoms with Gasteiger partial charge in [-0.25, -0.2) is 0 Å². The highest BCUT2D eigenvalue weighted by Crippen LogP contribution is 2.34. The predicted octanol–water partition coefficient (Wildman–Crippen LogP) is 2.95. The smallest absolute Gasteiger partial charge is 0.308 e. The fourth-order valence-corrected chi connectivity index (χ4v) is 2.27. The lowest BCUT2D eigenvalue weighted by Crippen LogP contribution is -2.11. The molecule has 110 valence electrons. The number of methoxy groups -OCH3 is 1. The Morgan fingerprint density at radius 1 is 0.950 bits per heavy atom. The number of hydrogen-bond donors (Lipinski definition) is 0. The van der Waals surface area contributed by atoms with E-state index in [0.29, 0.717) is 12.2 Å². The van der Waals surface area contributed by atoms with E-state index in [1.165, 1.54) is 19.6 Å². The third kappa shape index (κ3) is 3.38. The van der Waals surface area contributed by atoms with Crippen LogP contribution in [-0.2, 0) is 20.7 Å². The molecule has 4 nitrogen and oxygen atoms in total. The van der Waals surface area contributed by atoms with Gasteiger partial charge in [-0.2, -0.15) is 0 Å². The van der Waals surface area contributed by atoms with Crippen molar-refractivity contribution in [3.63, 3.8) is 0 Å². The normalized spacial score (nSPS) is 10.3. The first-order valence-electron chi connectivity index (χ1n) is 6.64. The third-order valence-corrected chi connectivity index (χ3v) is 3.81. The van der Waals surface area contributed by atoms with Crippen molar-refractivity contribution in [1.29, 1.82) is 0 Å². The molecule has 0 heterocycles. The van der Waals surface area contributed by atoms with Crippen LogP contribution < -0.4 is 4.74 Å². The van der Waals surface area contributed by atoms with Gasteiger partial charge in [-0.05, 0) is 61.9 Å². The van der Waals surface area contributed by atoms with Crippen LogP contribution in [0.1, 0.15) is 41.2 Å². The van der Waals surface area contributed by atoms with Gasteiger partial charge in [-0.15, -0.1) is 0 Å². The number of ether oxygens (including phenoxy) is 2. The van der Waals surface area contributed by atoms with Crippen molar-refractivity contribution in [1.82, 2.24) is 0 Å². The minimum Gasteiger partial charge on any atom is -0.469 e. The van der Waals surface area contributed by atoms with Crippen LogP contribution in [0.2, 0.25) is 0 Å². The molecule has 0 N–H and O–H groups in total. The number of esters is 2. The highest BCUT2D eigenvalue weighted by molar-refractivity contribution is 5.73. The minimum absolute atomic E-state index is 0.269. The topological polar surface area (TPSA) is 52.6 Å². The Morgan fingerprint density at radius 2 is 1.50 bits per heavy atom. The van der Waals surface area contributed by atoms with Crippen LogP contribution in [0.3, 0.4) is 0 Å². The molecule has 0 fully saturated rings. The molecule has 1 aromatic carbocycles. The molecule has 0 aliphatic rings. The quantitative estimate of drug-likeness (QED) is 0.627. The number of benzene rings is 1. The second-order valence-corrected chi connectivity index (χ2v) is 4.98. The first-order chi connectivity index (χ1) is 9.29. The van der Waals surface area contributed by atoms with Crippen LogP contribution in [0.25, 0.3) is 0 Å². The summed E-state index contributed by atoms with van der Waals surface area (Å²) >= 11 is 0. The van der Waals surface area contributed by atoms with Crippen LogP contribution in [0.15, 0.2) is 0 Å². The van der Waals surface area contributed by atoms with Crippen molar-refractivity contribution in [3.8, 4) is 5.75 Å². The zero-order valence-electron chi connectivity index (χ0n) is 13.0. The monoisotopic (exact) mass is 278 g/mol. The number of rotatable bonds is 4. The van der Waals surface area contributed by atoms with E-state index in [2.05, 4.69) is 4.74 Å². The Bertz CT molecular complexity index is 544. The summed E-state index contributed by atoms with van der Waals surface area (Å²) < 4.78 is 10.0. The van der Waals surface area contributed by atoms with E-state index in [1.54, 1.807) is 0 Å². The average molecular weight is 278 g/mol. The van der Waals surface area contributed by atoms with Crippen molar-refractivity contribution in [2.24, 2.45) is 0 Å². The first kappa shape index (κ1) is 16.2. The lowest BCUT2D eigenvalue weighted by Gasteiger charge is -2.19. The summed E-state index contributed by atoms with van der Waals surface area (Å²) in [7, 11) is 1.37. The summed E-state index contributed by atoms with van der Waals surface area (Å²) in [5.41, 5.74) is 5.20. The second kappa shape index (κ2) is 6.55. The van der Waals surface area contributed by atoms with Crippen molar-refractivity contribution in [3.05, 3.63) is 27.8 Å². The van der Waals surface area contributed by atoms with E-state index in [1.807, 2.05) is 27.7 Å². The van der Waals surface area contributed by atoms with Gasteiger partial charge in [-0.1, -0.05) is 0 Å². The van der Waals surface area contributed by atoms with Crippen LogP contribution in [-0.4, -0.2) is 19.0 Å². The van der Waals surface area contributed by atoms with Gasteiger partial charge >= 0.3 is 11.9 Å². The predicted molar refractivity (Wildman–Crippen MR) is 77.0 cm³/mol. The van der Waals surface area contributed by atoms with Crippen molar-refractivity contribution < 1.29 is 19.1 Å². The molecule has 1 aromatic rings. The molecule has 0 bridgehead atoms. The van der Waals surface area contributed by atoms with Gasteiger partial charge < -0.3 is 9.47 Å². The van der Waals surface area contributed by atoms with Gasteiger partial charge in [0.1, 0.15) is 5.75 Å². The molecule has 0 aliphatic carbocycles. The third-order valence-electron chi connectivity index (χ3n) is 3.81. The van der Waals surface area contributed by atoms with Crippen molar-refractivity contribution in [2.45, 2.75) is 47.5 Å². The maximum Gasteiger partial charge on any atom is 0.308 e. The standard InChI is InChI=1S/C16H22O4/c1-9-10(2)12(4)16(20-13(5)17)14(11(9)3)7-8-15(18)19-6/h7-8H2,1-6H3. The number of carbonyl (C=O) groups excluding carboxylic acids is 2. The van der Waals surface area contributed by atoms with Gasteiger partial charge in [0.15, 0.2) is 0 Å². The second-order valence-electron chi connectivity index (χ2n) is 4.98. The van der Waals surface area contributed by atoms with Crippen LogP contribution in [0, 0.1) is 27.7 Å². The lowest BCUT2D eigenvalue weighted by molar-refractivity contribution is -0.140. The average Bonchev–Trinajstić information content (AvgIpc) is 2.41. The molecule has 0 spiro atoms. The molecule has 0 amide bonds. The maximum absolute atomic E-state index is 11.3. The summed E-state index contributed by atoms with van der Waals surface area (Å²) in [6, 6.07) is 0. The molecule has 0 aromatic heterocycles. The lowest BCUT2D eigenvalue weighted by atomic mass is 9.91. The highest BCUT2D eigenvalue weighted by atomic mass is 16.5. The summed E-state index contributed by atoms with van der Waals surface area (Å²) in [5.74, 6) is -0.0360. The van der Waals surface area contributed by atoms with Crippen LogP contribution in [0.5, 0.6) is 5.75 Å². The van der Waals surface area contributed by atoms with E-state index >= 15 is 0 Å². The summed E-state index contributed by atoms with van der Waals surface area (Å²) in [6.45, 7) is 9.35. The fraction of sp³-hybridized carbons (Fsp3) is 0.500. The molecule has 0 unspecified atom stereocenters. The SMILES string of the molecule is COC(=O)CCc1c(C)c(C)c(C)c(C)c1OC(C)=O. The van der Waals surface area contributed by atoms with Gasteiger partial charge in [0, 0.05) is 13.3 Å². The Hall–Kier alpha value is -1.84. The van der Waals surface area contributed by atoms with E-state index in [9.17, 15) is 9.59 Å². The van der Waals surface area contributed by atoms with Crippen LogP contribution >= 0.6 is 0 Å². The first-order valence-corrected chi connectivity index (χ1v) is 6.64. The molecule has 20 heavy (non-hydrogen) atoms. The minimum atomic E-state index is -0.352. The molecule has 4 heteroatoms. The summed E-state index contributed by atoms with van der Waals surface area (Å²) in [6.07, 6.45) is 0.774. The van der Waals surface area contributed by atoms with Crippen molar-refractivity contribution in [2.75, 3.05) is 7.11 Å². The summed E-state index contributed by atoms with van der Waals surface area (Å²) in [4.78, 5) is 22.6. The van der Waals surface area contributed by atoms with E-state index < -0.39 is 0 Å². The molecular formula is C16H22O4. The molecule has 0 aliphatic heterocycles. The Morgan fingerprint density at radius 3 is 2.00 bits per heavy atom. The molecule has 0 saturated carbocycles. The van der Waals surface area contributed by atoms with E-state index in [0.717, 1.165) is 22.3 Å². The van der Waals surface area contributed by atoms with Gasteiger partial charge in [-0.3, -0.25) is 9.59 Å². The molecule has 0 radical (unpaired) electrons.